The lowest BCUT2D eigenvalue weighted by molar-refractivity contribution is 0.0938. The fourth-order valence-corrected chi connectivity index (χ4v) is 1.72. The van der Waals surface area contributed by atoms with E-state index < -0.39 is 0 Å². The Labute approximate surface area is 108 Å². The maximum absolute atomic E-state index is 12.1. The smallest absolute Gasteiger partial charge is 0.251 e. The van der Waals surface area contributed by atoms with Crippen LogP contribution in [0, 0.1) is 19.3 Å². The molecule has 0 aliphatic carbocycles. The van der Waals surface area contributed by atoms with Crippen molar-refractivity contribution in [2.24, 2.45) is 5.41 Å². The number of hydrogen-bond acceptors (Lipinski definition) is 1. The van der Waals surface area contributed by atoms with E-state index in [1.807, 2.05) is 45.9 Å². The summed E-state index contributed by atoms with van der Waals surface area (Å²) in [7, 11) is 0. The molecule has 0 unspecified atom stereocenters. The van der Waals surface area contributed by atoms with Gasteiger partial charge in [-0.25, -0.2) is 0 Å². The van der Waals surface area contributed by atoms with Crippen molar-refractivity contribution < 1.29 is 4.79 Å². The standard InChI is InChI=1S/C14H20ClNO/c1-10-6-5-7-11(2)12(10)13(17)16-9-14(3,4)8-15/h5-7H,8-9H2,1-4H3,(H,16,17). The van der Waals surface area contributed by atoms with Gasteiger partial charge < -0.3 is 5.32 Å². The van der Waals surface area contributed by atoms with Crippen LogP contribution in [-0.4, -0.2) is 18.3 Å². The molecule has 1 aromatic carbocycles. The molecule has 0 aliphatic heterocycles. The molecule has 1 rings (SSSR count). The van der Waals surface area contributed by atoms with E-state index in [9.17, 15) is 4.79 Å². The van der Waals surface area contributed by atoms with Gasteiger partial charge in [0.2, 0.25) is 0 Å². The predicted octanol–water partition coefficient (Wildman–Crippen LogP) is 3.30. The highest BCUT2D eigenvalue weighted by Crippen LogP contribution is 2.17. The van der Waals surface area contributed by atoms with E-state index in [-0.39, 0.29) is 11.3 Å². The molecule has 0 fully saturated rings. The van der Waals surface area contributed by atoms with Crippen LogP contribution in [0.3, 0.4) is 0 Å². The molecule has 1 aromatic rings. The third-order valence-corrected chi connectivity index (χ3v) is 3.52. The van der Waals surface area contributed by atoms with E-state index in [0.717, 1.165) is 16.7 Å². The number of halogens is 1. The first-order valence-electron chi connectivity index (χ1n) is 5.78. The Kier molecular flexibility index (Phi) is 4.58. The molecule has 0 aliphatic rings. The van der Waals surface area contributed by atoms with Crippen LogP contribution in [-0.2, 0) is 0 Å². The van der Waals surface area contributed by atoms with Crippen LogP contribution in [0.15, 0.2) is 18.2 Å². The summed E-state index contributed by atoms with van der Waals surface area (Å²) < 4.78 is 0. The number of carbonyl (C=O) groups excluding carboxylic acids is 1. The van der Waals surface area contributed by atoms with Crippen molar-refractivity contribution in [3.63, 3.8) is 0 Å². The second-order valence-electron chi connectivity index (χ2n) is 5.25. The highest BCUT2D eigenvalue weighted by atomic mass is 35.5. The number of alkyl halides is 1. The quantitative estimate of drug-likeness (QED) is 0.820. The van der Waals surface area contributed by atoms with Gasteiger partial charge in [-0.2, -0.15) is 0 Å². The summed E-state index contributed by atoms with van der Waals surface area (Å²) >= 11 is 5.83. The van der Waals surface area contributed by atoms with Crippen LogP contribution in [0.2, 0.25) is 0 Å². The van der Waals surface area contributed by atoms with Crippen molar-refractivity contribution in [1.82, 2.24) is 5.32 Å². The molecule has 2 nitrogen and oxygen atoms in total. The first-order valence-corrected chi connectivity index (χ1v) is 6.31. The predicted molar refractivity (Wildman–Crippen MR) is 72.8 cm³/mol. The van der Waals surface area contributed by atoms with E-state index in [2.05, 4.69) is 5.32 Å². The average molecular weight is 254 g/mol. The molecule has 17 heavy (non-hydrogen) atoms. The molecule has 0 saturated carbocycles. The lowest BCUT2D eigenvalue weighted by Crippen LogP contribution is -2.35. The van der Waals surface area contributed by atoms with Gasteiger partial charge in [0.25, 0.3) is 5.91 Å². The van der Waals surface area contributed by atoms with Gasteiger partial charge >= 0.3 is 0 Å². The van der Waals surface area contributed by atoms with Crippen LogP contribution >= 0.6 is 11.6 Å². The Balaban J connectivity index is 2.78. The third-order valence-electron chi connectivity index (χ3n) is 2.80. The number of amides is 1. The lowest BCUT2D eigenvalue weighted by atomic mass is 9.96. The Morgan fingerprint density at radius 1 is 1.29 bits per heavy atom. The summed E-state index contributed by atoms with van der Waals surface area (Å²) in [4.78, 5) is 12.1. The Bertz CT molecular complexity index is 392. The zero-order valence-electron chi connectivity index (χ0n) is 10.9. The van der Waals surface area contributed by atoms with Crippen molar-refractivity contribution in [1.29, 1.82) is 0 Å². The Hall–Kier alpha value is -1.02. The van der Waals surface area contributed by atoms with Crippen LogP contribution in [0.1, 0.15) is 35.3 Å². The summed E-state index contributed by atoms with van der Waals surface area (Å²) in [5.74, 6) is 0.513. The lowest BCUT2D eigenvalue weighted by Gasteiger charge is -2.22. The minimum absolute atomic E-state index is 0.0150. The second-order valence-corrected chi connectivity index (χ2v) is 5.51. The van der Waals surface area contributed by atoms with E-state index in [4.69, 9.17) is 11.6 Å². The van der Waals surface area contributed by atoms with Gasteiger partial charge in [-0.1, -0.05) is 32.0 Å². The zero-order valence-corrected chi connectivity index (χ0v) is 11.7. The molecule has 1 N–H and O–H groups in total. The van der Waals surface area contributed by atoms with Crippen molar-refractivity contribution in [3.8, 4) is 0 Å². The van der Waals surface area contributed by atoms with Gasteiger partial charge in [-0.05, 0) is 30.4 Å². The molecule has 94 valence electrons. The minimum Gasteiger partial charge on any atom is -0.351 e. The number of rotatable bonds is 4. The number of benzene rings is 1. The molecule has 0 heterocycles. The molecule has 0 saturated heterocycles. The average Bonchev–Trinajstić information content (AvgIpc) is 2.26. The molecular formula is C14H20ClNO. The summed E-state index contributed by atoms with van der Waals surface area (Å²) in [6.07, 6.45) is 0. The van der Waals surface area contributed by atoms with Crippen LogP contribution < -0.4 is 5.32 Å². The van der Waals surface area contributed by atoms with E-state index in [1.165, 1.54) is 0 Å². The van der Waals surface area contributed by atoms with E-state index >= 15 is 0 Å². The Morgan fingerprint density at radius 2 is 1.82 bits per heavy atom. The fraction of sp³-hybridized carbons (Fsp3) is 0.500. The SMILES string of the molecule is Cc1cccc(C)c1C(=O)NCC(C)(C)CCl. The van der Waals surface area contributed by atoms with E-state index in [0.29, 0.717) is 12.4 Å². The zero-order chi connectivity index (χ0) is 13.1. The van der Waals surface area contributed by atoms with Crippen LogP contribution in [0.25, 0.3) is 0 Å². The maximum atomic E-state index is 12.1. The third kappa shape index (κ3) is 3.74. The number of aryl methyl sites for hydroxylation is 2. The number of hydrogen-bond donors (Lipinski definition) is 1. The molecule has 0 spiro atoms. The first kappa shape index (κ1) is 14.0. The second kappa shape index (κ2) is 5.54. The van der Waals surface area contributed by atoms with Gasteiger partial charge in [0.1, 0.15) is 0 Å². The number of nitrogens with one attached hydrogen (secondary N) is 1. The Morgan fingerprint density at radius 3 is 2.29 bits per heavy atom. The van der Waals surface area contributed by atoms with Crippen LogP contribution in [0.4, 0.5) is 0 Å². The van der Waals surface area contributed by atoms with Crippen molar-refractivity contribution in [3.05, 3.63) is 34.9 Å². The summed E-state index contributed by atoms with van der Waals surface area (Å²) in [6.45, 7) is 8.56. The highest BCUT2D eigenvalue weighted by molar-refractivity contribution is 6.18. The topological polar surface area (TPSA) is 29.1 Å². The van der Waals surface area contributed by atoms with Crippen molar-refractivity contribution in [2.75, 3.05) is 12.4 Å². The molecule has 0 bridgehead atoms. The highest BCUT2D eigenvalue weighted by Gasteiger charge is 2.19. The summed E-state index contributed by atoms with van der Waals surface area (Å²) in [6, 6.07) is 5.87. The van der Waals surface area contributed by atoms with Gasteiger partial charge in [0.15, 0.2) is 0 Å². The summed E-state index contributed by atoms with van der Waals surface area (Å²) in [5, 5.41) is 2.95. The molecular weight excluding hydrogens is 234 g/mol. The molecule has 1 amide bonds. The van der Waals surface area contributed by atoms with Crippen molar-refractivity contribution in [2.45, 2.75) is 27.7 Å². The largest absolute Gasteiger partial charge is 0.351 e. The monoisotopic (exact) mass is 253 g/mol. The molecule has 0 atom stereocenters. The molecule has 0 radical (unpaired) electrons. The summed E-state index contributed by atoms with van der Waals surface area (Å²) in [5.41, 5.74) is 2.71. The minimum atomic E-state index is -0.0756. The maximum Gasteiger partial charge on any atom is 0.251 e. The fourth-order valence-electron chi connectivity index (χ4n) is 1.63. The molecule has 3 heteroatoms. The van der Waals surface area contributed by atoms with Gasteiger partial charge in [0.05, 0.1) is 0 Å². The number of carbonyl (C=O) groups is 1. The van der Waals surface area contributed by atoms with Crippen molar-refractivity contribution >= 4 is 17.5 Å². The van der Waals surface area contributed by atoms with Gasteiger partial charge in [-0.15, -0.1) is 11.6 Å². The van der Waals surface area contributed by atoms with E-state index in [1.54, 1.807) is 0 Å². The van der Waals surface area contributed by atoms with Gasteiger partial charge in [-0.3, -0.25) is 4.79 Å². The first-order chi connectivity index (χ1) is 7.87. The molecule has 0 aromatic heterocycles. The van der Waals surface area contributed by atoms with Crippen LogP contribution in [0.5, 0.6) is 0 Å². The normalized spacial score (nSPS) is 11.4. The van der Waals surface area contributed by atoms with Gasteiger partial charge in [0, 0.05) is 18.0 Å².